The third-order valence-electron chi connectivity index (χ3n) is 5.70. The summed E-state index contributed by atoms with van der Waals surface area (Å²) in [5, 5.41) is 6.18. The van der Waals surface area contributed by atoms with Crippen molar-refractivity contribution in [1.29, 1.82) is 0 Å². The Morgan fingerprint density at radius 3 is 2.32 bits per heavy atom. The van der Waals surface area contributed by atoms with Crippen molar-refractivity contribution in [3.05, 3.63) is 71.3 Å². The Hall–Kier alpha value is -2.62. The lowest BCUT2D eigenvalue weighted by Crippen LogP contribution is -2.52. The second-order valence-electron chi connectivity index (χ2n) is 8.07. The number of benzene rings is 2. The second-order valence-corrected chi connectivity index (χ2v) is 8.07. The lowest BCUT2D eigenvalue weighted by atomic mass is 9.93. The highest BCUT2D eigenvalue weighted by atomic mass is 16.2. The van der Waals surface area contributed by atoms with E-state index in [1.807, 2.05) is 57.2 Å². The van der Waals surface area contributed by atoms with Gasteiger partial charge in [0.05, 0.1) is 0 Å². The number of carbonyl (C=O) groups is 2. The highest BCUT2D eigenvalue weighted by Crippen LogP contribution is 2.34. The summed E-state index contributed by atoms with van der Waals surface area (Å²) in [7, 11) is 0. The van der Waals surface area contributed by atoms with Gasteiger partial charge in [0.25, 0.3) is 5.91 Å². The number of hydrogen-bond acceptors (Lipinski definition) is 2. The molecule has 0 saturated heterocycles. The van der Waals surface area contributed by atoms with Gasteiger partial charge in [-0.05, 0) is 42.9 Å². The number of aryl methyl sites for hydroxylation is 1. The normalized spacial score (nSPS) is 20.0. The van der Waals surface area contributed by atoms with Crippen molar-refractivity contribution < 1.29 is 9.59 Å². The third kappa shape index (κ3) is 4.61. The van der Waals surface area contributed by atoms with Gasteiger partial charge in [-0.3, -0.25) is 9.59 Å². The van der Waals surface area contributed by atoms with Gasteiger partial charge in [-0.15, -0.1) is 0 Å². The van der Waals surface area contributed by atoms with Crippen molar-refractivity contribution in [1.82, 2.24) is 10.6 Å². The first kappa shape index (κ1) is 20.1. The summed E-state index contributed by atoms with van der Waals surface area (Å²) >= 11 is 0. The molecule has 2 amide bonds. The van der Waals surface area contributed by atoms with E-state index in [1.54, 1.807) is 6.07 Å². The standard InChI is InChI=1S/C24H30N2O2/c1-16(2)22(26-23(27)19-13-8-7-10-17(19)3)24(28)25-21-15-9-14-20(21)18-11-5-4-6-12-18/h4-8,10-13,16,20-22H,9,14-15H2,1-3H3,(H,25,28)(H,26,27)/t20-,21+,22+/m0/s1. The van der Waals surface area contributed by atoms with Gasteiger partial charge in [-0.2, -0.15) is 0 Å². The van der Waals surface area contributed by atoms with Crippen molar-refractivity contribution in [2.24, 2.45) is 5.92 Å². The van der Waals surface area contributed by atoms with E-state index >= 15 is 0 Å². The molecule has 1 aliphatic rings. The zero-order chi connectivity index (χ0) is 20.1. The van der Waals surface area contributed by atoms with Crippen LogP contribution in [0.3, 0.4) is 0 Å². The highest BCUT2D eigenvalue weighted by molar-refractivity contribution is 5.98. The molecule has 3 rings (SSSR count). The van der Waals surface area contributed by atoms with Crippen molar-refractivity contribution in [3.63, 3.8) is 0 Å². The molecule has 0 unspecified atom stereocenters. The van der Waals surface area contributed by atoms with Crippen LogP contribution in [0.4, 0.5) is 0 Å². The Kier molecular flexibility index (Phi) is 6.50. The van der Waals surface area contributed by atoms with E-state index in [4.69, 9.17) is 0 Å². The number of carbonyl (C=O) groups excluding carboxylic acids is 2. The first-order valence-corrected chi connectivity index (χ1v) is 10.2. The van der Waals surface area contributed by atoms with E-state index in [9.17, 15) is 9.59 Å². The largest absolute Gasteiger partial charge is 0.351 e. The molecule has 0 aromatic heterocycles. The Morgan fingerprint density at radius 1 is 0.964 bits per heavy atom. The predicted octanol–water partition coefficient (Wildman–Crippen LogP) is 4.20. The van der Waals surface area contributed by atoms with Crippen LogP contribution in [0.1, 0.15) is 60.5 Å². The molecular formula is C24H30N2O2. The molecule has 0 radical (unpaired) electrons. The molecule has 4 nitrogen and oxygen atoms in total. The first-order chi connectivity index (χ1) is 13.5. The molecule has 0 spiro atoms. The molecule has 0 bridgehead atoms. The van der Waals surface area contributed by atoms with Gasteiger partial charge in [0.2, 0.25) is 5.91 Å². The Balaban J connectivity index is 1.69. The molecule has 3 atom stereocenters. The summed E-state index contributed by atoms with van der Waals surface area (Å²) in [5.41, 5.74) is 2.79. The maximum atomic E-state index is 13.0. The first-order valence-electron chi connectivity index (χ1n) is 10.2. The molecule has 0 aliphatic heterocycles. The molecule has 28 heavy (non-hydrogen) atoms. The van der Waals surface area contributed by atoms with E-state index in [2.05, 4.69) is 22.8 Å². The van der Waals surface area contributed by atoms with Crippen LogP contribution in [0.2, 0.25) is 0 Å². The van der Waals surface area contributed by atoms with Crippen LogP contribution in [-0.4, -0.2) is 23.9 Å². The van der Waals surface area contributed by atoms with Gasteiger partial charge < -0.3 is 10.6 Å². The molecule has 2 aromatic carbocycles. The number of nitrogens with one attached hydrogen (secondary N) is 2. The summed E-state index contributed by atoms with van der Waals surface area (Å²) in [6.07, 6.45) is 3.16. The molecule has 2 aromatic rings. The average Bonchev–Trinajstić information content (AvgIpc) is 3.14. The van der Waals surface area contributed by atoms with E-state index in [0.717, 1.165) is 24.8 Å². The summed E-state index contributed by atoms with van der Waals surface area (Å²) < 4.78 is 0. The lowest BCUT2D eigenvalue weighted by Gasteiger charge is -2.27. The van der Waals surface area contributed by atoms with Crippen molar-refractivity contribution >= 4 is 11.8 Å². The minimum absolute atomic E-state index is 0.00421. The second kappa shape index (κ2) is 9.05. The topological polar surface area (TPSA) is 58.2 Å². The van der Waals surface area contributed by atoms with E-state index in [1.165, 1.54) is 5.56 Å². The summed E-state index contributed by atoms with van der Waals surface area (Å²) in [4.78, 5) is 25.8. The molecular weight excluding hydrogens is 348 g/mol. The van der Waals surface area contributed by atoms with Gasteiger partial charge in [0.1, 0.15) is 6.04 Å². The van der Waals surface area contributed by atoms with Crippen LogP contribution < -0.4 is 10.6 Å². The monoisotopic (exact) mass is 378 g/mol. The van der Waals surface area contributed by atoms with Crippen LogP contribution in [0.25, 0.3) is 0 Å². The van der Waals surface area contributed by atoms with E-state index < -0.39 is 6.04 Å². The smallest absolute Gasteiger partial charge is 0.252 e. The highest BCUT2D eigenvalue weighted by Gasteiger charge is 2.33. The maximum absolute atomic E-state index is 13.0. The summed E-state index contributed by atoms with van der Waals surface area (Å²) in [6.45, 7) is 5.83. The molecule has 4 heteroatoms. The van der Waals surface area contributed by atoms with Crippen LogP contribution in [-0.2, 0) is 4.79 Å². The van der Waals surface area contributed by atoms with Crippen LogP contribution in [0.5, 0.6) is 0 Å². The minimum atomic E-state index is -0.552. The van der Waals surface area contributed by atoms with Crippen LogP contribution >= 0.6 is 0 Å². The Morgan fingerprint density at radius 2 is 1.64 bits per heavy atom. The molecule has 1 aliphatic carbocycles. The fourth-order valence-corrected chi connectivity index (χ4v) is 4.09. The fraction of sp³-hybridized carbons (Fsp3) is 0.417. The van der Waals surface area contributed by atoms with Gasteiger partial charge >= 0.3 is 0 Å². The lowest BCUT2D eigenvalue weighted by molar-refractivity contribution is -0.124. The molecule has 2 N–H and O–H groups in total. The van der Waals surface area contributed by atoms with Gasteiger partial charge in [0.15, 0.2) is 0 Å². The Labute approximate surface area is 167 Å². The molecule has 1 saturated carbocycles. The predicted molar refractivity (Wildman–Crippen MR) is 112 cm³/mol. The van der Waals surface area contributed by atoms with Crippen molar-refractivity contribution in [2.75, 3.05) is 0 Å². The van der Waals surface area contributed by atoms with Gasteiger partial charge in [-0.25, -0.2) is 0 Å². The SMILES string of the molecule is Cc1ccccc1C(=O)N[C@@H](C(=O)N[C@@H]1CCC[C@H]1c1ccccc1)C(C)C. The number of rotatable bonds is 6. The minimum Gasteiger partial charge on any atom is -0.351 e. The Bertz CT molecular complexity index is 816. The number of hydrogen-bond donors (Lipinski definition) is 2. The zero-order valence-corrected chi connectivity index (χ0v) is 16.9. The fourth-order valence-electron chi connectivity index (χ4n) is 4.09. The van der Waals surface area contributed by atoms with Gasteiger partial charge in [0, 0.05) is 17.5 Å². The molecule has 0 heterocycles. The molecule has 1 fully saturated rings. The van der Waals surface area contributed by atoms with Crippen LogP contribution in [0.15, 0.2) is 54.6 Å². The zero-order valence-electron chi connectivity index (χ0n) is 16.9. The van der Waals surface area contributed by atoms with Crippen molar-refractivity contribution in [2.45, 2.75) is 58.0 Å². The van der Waals surface area contributed by atoms with Crippen molar-refractivity contribution in [3.8, 4) is 0 Å². The number of amides is 2. The van der Waals surface area contributed by atoms with Crippen LogP contribution in [0, 0.1) is 12.8 Å². The maximum Gasteiger partial charge on any atom is 0.252 e. The van der Waals surface area contributed by atoms with E-state index in [0.29, 0.717) is 11.5 Å². The quantitative estimate of drug-likeness (QED) is 0.791. The third-order valence-corrected chi connectivity index (χ3v) is 5.70. The summed E-state index contributed by atoms with van der Waals surface area (Å²) in [6, 6.07) is 17.4. The average molecular weight is 379 g/mol. The van der Waals surface area contributed by atoms with Gasteiger partial charge in [-0.1, -0.05) is 68.8 Å². The molecule has 148 valence electrons. The summed E-state index contributed by atoms with van der Waals surface area (Å²) in [5.74, 6) is 0.0531. The van der Waals surface area contributed by atoms with E-state index in [-0.39, 0.29) is 23.8 Å².